The molecule has 11 rings (SSSR count). The SMILES string of the molecule is N#CCc1ccc(N(C(=O)C23CC4CC(CC(C4)C2)C3)N(C(=O)C23CC4CC(C2)CC(c2ccc(Cl)cc2)(C4)C3)c2ccc(CC#N)cc2)cc1. The molecule has 260 valence electrons. The topological polar surface area (TPSA) is 88.2 Å². The fraction of sp³-hybridized carbons (Fsp3) is 0.500. The van der Waals surface area contributed by atoms with E-state index in [-0.39, 0.29) is 30.1 Å². The molecule has 8 aliphatic rings. The van der Waals surface area contributed by atoms with E-state index in [2.05, 4.69) is 24.3 Å². The van der Waals surface area contributed by atoms with E-state index in [0.29, 0.717) is 41.0 Å². The van der Waals surface area contributed by atoms with Crippen molar-refractivity contribution in [3.8, 4) is 12.1 Å². The standard InChI is InChI=1S/C44H45ClN4O2/c45-37-7-5-36(6-8-37)43-24-34-20-35(25-43)27-44(26-34,28-43)41(51)49(39-11-3-30(4-12-39)14-16-47)48(38-9-1-29(2-10-38)13-15-46)40(50)42-21-31-17-32(22-42)19-33(18-31)23-42/h1-12,31-35H,13-14,17-28H2. The fourth-order valence-corrected chi connectivity index (χ4v) is 12.9. The van der Waals surface area contributed by atoms with Crippen LogP contribution in [0, 0.1) is 63.1 Å². The maximum Gasteiger partial charge on any atom is 0.252 e. The van der Waals surface area contributed by atoms with Gasteiger partial charge < -0.3 is 0 Å². The van der Waals surface area contributed by atoms with Gasteiger partial charge in [0, 0.05) is 5.02 Å². The van der Waals surface area contributed by atoms with Crippen LogP contribution in [0.15, 0.2) is 72.8 Å². The molecule has 0 spiro atoms. The van der Waals surface area contributed by atoms with E-state index in [1.165, 1.54) is 24.8 Å². The summed E-state index contributed by atoms with van der Waals surface area (Å²) in [6.07, 6.45) is 12.6. The first-order valence-electron chi connectivity index (χ1n) is 19.1. The van der Waals surface area contributed by atoms with Crippen LogP contribution in [0.3, 0.4) is 0 Å². The summed E-state index contributed by atoms with van der Waals surface area (Å²) in [5, 5.41) is 23.1. The highest BCUT2D eigenvalue weighted by Crippen LogP contribution is 2.67. The zero-order valence-electron chi connectivity index (χ0n) is 29.2. The van der Waals surface area contributed by atoms with Gasteiger partial charge in [0.15, 0.2) is 0 Å². The molecule has 8 fully saturated rings. The van der Waals surface area contributed by atoms with Crippen molar-refractivity contribution < 1.29 is 9.59 Å². The second-order valence-electron chi connectivity index (χ2n) is 17.5. The number of benzene rings is 3. The Kier molecular flexibility index (Phi) is 7.86. The van der Waals surface area contributed by atoms with E-state index in [9.17, 15) is 10.5 Å². The van der Waals surface area contributed by atoms with Gasteiger partial charge in [-0.15, -0.1) is 0 Å². The number of amides is 2. The summed E-state index contributed by atoms with van der Waals surface area (Å²) in [5.74, 6) is 2.65. The molecule has 8 saturated carbocycles. The second-order valence-corrected chi connectivity index (χ2v) is 17.9. The number of hydrogen-bond donors (Lipinski definition) is 0. The Hall–Kier alpha value is -4.13. The van der Waals surface area contributed by atoms with Crippen molar-refractivity contribution in [2.24, 2.45) is 40.4 Å². The third kappa shape index (κ3) is 5.48. The number of carbonyl (C=O) groups excluding carboxylic acids is 2. The second kappa shape index (κ2) is 12.2. The molecule has 8 aliphatic carbocycles. The average molecular weight is 697 g/mol. The first-order valence-corrected chi connectivity index (χ1v) is 19.5. The number of nitrogens with zero attached hydrogens (tertiary/aromatic N) is 4. The van der Waals surface area contributed by atoms with Gasteiger partial charge in [-0.2, -0.15) is 10.5 Å². The summed E-state index contributed by atoms with van der Waals surface area (Å²) in [5.41, 5.74) is 3.17. The Balaban J connectivity index is 1.18. The maximum absolute atomic E-state index is 16.0. The Labute approximate surface area is 306 Å². The van der Waals surface area contributed by atoms with Crippen molar-refractivity contribution >= 4 is 34.8 Å². The number of halogens is 1. The minimum absolute atomic E-state index is 0.0159. The molecule has 0 radical (unpaired) electrons. The zero-order chi connectivity index (χ0) is 35.0. The summed E-state index contributed by atoms with van der Waals surface area (Å²) in [6, 6.07) is 28.3. The highest BCUT2D eigenvalue weighted by atomic mass is 35.5. The zero-order valence-corrected chi connectivity index (χ0v) is 30.0. The monoisotopic (exact) mass is 696 g/mol. The molecule has 0 heterocycles. The number of hydrazine groups is 1. The third-order valence-electron chi connectivity index (χ3n) is 14.0. The van der Waals surface area contributed by atoms with Gasteiger partial charge in [-0.25, -0.2) is 10.0 Å². The number of nitriles is 2. The smallest absolute Gasteiger partial charge is 0.252 e. The molecule has 0 N–H and O–H groups in total. The summed E-state index contributed by atoms with van der Waals surface area (Å²) < 4.78 is 0. The molecule has 3 aromatic carbocycles. The lowest BCUT2D eigenvalue weighted by atomic mass is 9.42. The first-order chi connectivity index (χ1) is 24.7. The molecule has 3 aromatic rings. The molecule has 6 nitrogen and oxygen atoms in total. The van der Waals surface area contributed by atoms with E-state index in [0.717, 1.165) is 73.9 Å². The lowest BCUT2D eigenvalue weighted by Gasteiger charge is -2.62. The molecule has 2 unspecified atom stereocenters. The summed E-state index contributed by atoms with van der Waals surface area (Å²) in [4.78, 5) is 31.6. The maximum atomic E-state index is 16.0. The molecule has 51 heavy (non-hydrogen) atoms. The Morgan fingerprint density at radius 3 is 1.45 bits per heavy atom. The molecular formula is C44H45ClN4O2. The van der Waals surface area contributed by atoms with Crippen molar-refractivity contribution in [3.63, 3.8) is 0 Å². The molecule has 0 aromatic heterocycles. The Bertz CT molecular complexity index is 1890. The molecule has 0 aliphatic heterocycles. The van der Waals surface area contributed by atoms with Crippen molar-refractivity contribution in [1.29, 1.82) is 10.5 Å². The minimum Gasteiger partial charge on any atom is -0.272 e. The van der Waals surface area contributed by atoms with Gasteiger partial charge in [0.2, 0.25) is 0 Å². The van der Waals surface area contributed by atoms with Crippen molar-refractivity contribution in [1.82, 2.24) is 0 Å². The summed E-state index contributed by atoms with van der Waals surface area (Å²) >= 11 is 6.37. The normalized spacial score (nSPS) is 33.7. The third-order valence-corrected chi connectivity index (χ3v) is 14.2. The molecular weight excluding hydrogens is 652 g/mol. The van der Waals surface area contributed by atoms with Gasteiger partial charge in [-0.3, -0.25) is 9.59 Å². The van der Waals surface area contributed by atoms with E-state index >= 15 is 9.59 Å². The molecule has 2 atom stereocenters. The average Bonchev–Trinajstić information content (AvgIpc) is 3.10. The van der Waals surface area contributed by atoms with Gasteiger partial charge >= 0.3 is 0 Å². The van der Waals surface area contributed by atoms with E-state index in [4.69, 9.17) is 11.6 Å². The predicted molar refractivity (Wildman–Crippen MR) is 197 cm³/mol. The van der Waals surface area contributed by atoms with Crippen LogP contribution in [0.4, 0.5) is 11.4 Å². The largest absolute Gasteiger partial charge is 0.272 e. The van der Waals surface area contributed by atoms with Crippen LogP contribution in [-0.4, -0.2) is 11.8 Å². The quantitative estimate of drug-likeness (QED) is 0.230. The number of carbonyl (C=O) groups is 2. The summed E-state index contributed by atoms with van der Waals surface area (Å²) in [7, 11) is 0. The molecule has 7 heteroatoms. The van der Waals surface area contributed by atoms with Crippen LogP contribution in [0.2, 0.25) is 5.02 Å². The fourth-order valence-electron chi connectivity index (χ4n) is 12.8. The first kappa shape index (κ1) is 32.8. The van der Waals surface area contributed by atoms with E-state index in [1.54, 1.807) is 10.0 Å². The van der Waals surface area contributed by atoms with Crippen LogP contribution in [0.25, 0.3) is 0 Å². The van der Waals surface area contributed by atoms with Gasteiger partial charge in [0.1, 0.15) is 0 Å². The van der Waals surface area contributed by atoms with Crippen molar-refractivity contribution in [3.05, 3.63) is 94.5 Å². The Morgan fingerprint density at radius 1 is 0.588 bits per heavy atom. The Morgan fingerprint density at radius 2 is 1.00 bits per heavy atom. The number of anilines is 2. The molecule has 2 amide bonds. The van der Waals surface area contributed by atoms with E-state index < -0.39 is 10.8 Å². The van der Waals surface area contributed by atoms with Gasteiger partial charge in [-0.05, 0) is 165 Å². The highest BCUT2D eigenvalue weighted by Gasteiger charge is 2.63. The van der Waals surface area contributed by atoms with Gasteiger partial charge in [-0.1, -0.05) is 48.0 Å². The van der Waals surface area contributed by atoms with E-state index in [1.807, 2.05) is 60.7 Å². The molecule has 8 bridgehead atoms. The highest BCUT2D eigenvalue weighted by molar-refractivity contribution is 6.30. The van der Waals surface area contributed by atoms with Crippen molar-refractivity contribution in [2.45, 2.75) is 95.3 Å². The summed E-state index contributed by atoms with van der Waals surface area (Å²) in [6.45, 7) is 0. The van der Waals surface area contributed by atoms with Crippen molar-refractivity contribution in [2.75, 3.05) is 10.0 Å². The van der Waals surface area contributed by atoms with Crippen LogP contribution < -0.4 is 10.0 Å². The minimum atomic E-state index is -0.615. The van der Waals surface area contributed by atoms with Gasteiger partial charge in [0.25, 0.3) is 11.8 Å². The van der Waals surface area contributed by atoms with Crippen LogP contribution in [0.5, 0.6) is 0 Å². The lowest BCUT2D eigenvalue weighted by Crippen LogP contribution is -2.65. The molecule has 0 saturated heterocycles. The van der Waals surface area contributed by atoms with Crippen LogP contribution >= 0.6 is 11.6 Å². The van der Waals surface area contributed by atoms with Crippen LogP contribution in [0.1, 0.15) is 93.7 Å². The predicted octanol–water partition coefficient (Wildman–Crippen LogP) is 9.51. The number of rotatable bonds is 7. The van der Waals surface area contributed by atoms with Gasteiger partial charge in [0.05, 0.1) is 47.2 Å². The van der Waals surface area contributed by atoms with Crippen LogP contribution in [-0.2, 0) is 27.8 Å². The lowest BCUT2D eigenvalue weighted by molar-refractivity contribution is -0.150. The number of hydrogen-bond acceptors (Lipinski definition) is 4.